The predicted molar refractivity (Wildman–Crippen MR) is 80.7 cm³/mol. The highest BCUT2D eigenvalue weighted by Crippen LogP contribution is 2.39. The van der Waals surface area contributed by atoms with Crippen molar-refractivity contribution in [3.8, 4) is 5.75 Å². The monoisotopic (exact) mass is 298 g/mol. The van der Waals surface area contributed by atoms with E-state index in [4.69, 9.17) is 10.5 Å². The number of fused-ring (bicyclic) bond motifs is 1. The van der Waals surface area contributed by atoms with E-state index in [1.54, 1.807) is 0 Å². The Morgan fingerprint density at radius 1 is 1.45 bits per heavy atom. The van der Waals surface area contributed by atoms with Crippen molar-refractivity contribution in [1.82, 2.24) is 0 Å². The first-order valence-electron chi connectivity index (χ1n) is 6.64. The third-order valence-electron chi connectivity index (χ3n) is 3.16. The summed E-state index contributed by atoms with van der Waals surface area (Å²) < 4.78 is 31.3. The maximum atomic E-state index is 12.0. The molecule has 1 atom stereocenters. The lowest BCUT2D eigenvalue weighted by atomic mass is 10.0. The smallest absolute Gasteiger partial charge is 0.232 e. The molecule has 0 fully saturated rings. The molecule has 1 aliphatic rings. The average Bonchev–Trinajstić information content (AvgIpc) is 2.25. The highest BCUT2D eigenvalue weighted by Gasteiger charge is 2.36. The molecule has 2 N–H and O–H groups in total. The minimum atomic E-state index is -3.33. The Morgan fingerprint density at radius 3 is 2.65 bits per heavy atom. The summed E-state index contributed by atoms with van der Waals surface area (Å²) in [5, 5.41) is 0. The number of hydrogen-bond acceptors (Lipinski definition) is 4. The van der Waals surface area contributed by atoms with Gasteiger partial charge in [0, 0.05) is 6.04 Å². The fourth-order valence-corrected chi connectivity index (χ4v) is 3.45. The molecule has 1 aliphatic heterocycles. The van der Waals surface area contributed by atoms with Gasteiger partial charge in [0.1, 0.15) is 11.4 Å². The van der Waals surface area contributed by atoms with Crippen LogP contribution in [0, 0.1) is 0 Å². The van der Waals surface area contributed by atoms with Crippen LogP contribution in [0.1, 0.15) is 26.3 Å². The van der Waals surface area contributed by atoms with E-state index in [2.05, 4.69) is 0 Å². The Hall–Kier alpha value is -1.27. The van der Waals surface area contributed by atoms with Crippen molar-refractivity contribution >= 4 is 15.7 Å². The summed E-state index contributed by atoms with van der Waals surface area (Å²) in [6.07, 6.45) is 1.92. The Morgan fingerprint density at radius 2 is 2.10 bits per heavy atom. The van der Waals surface area contributed by atoms with Gasteiger partial charge in [-0.1, -0.05) is 6.07 Å². The number of ether oxygens (including phenoxy) is 1. The number of anilines is 1. The molecule has 2 rings (SSSR count). The third-order valence-corrected chi connectivity index (χ3v) is 4.29. The first kappa shape index (κ1) is 15.1. The van der Waals surface area contributed by atoms with Gasteiger partial charge in [-0.15, -0.1) is 0 Å². The van der Waals surface area contributed by atoms with Gasteiger partial charge in [-0.2, -0.15) is 0 Å². The quantitative estimate of drug-likeness (QED) is 0.918. The van der Waals surface area contributed by atoms with E-state index in [-0.39, 0.29) is 6.04 Å². The first-order chi connectivity index (χ1) is 9.08. The van der Waals surface area contributed by atoms with Gasteiger partial charge >= 0.3 is 0 Å². The van der Waals surface area contributed by atoms with Crippen molar-refractivity contribution < 1.29 is 13.2 Å². The molecular weight excluding hydrogens is 276 g/mol. The SMILES string of the molecule is CC(N)Cc1ccc2c(c1)N(S(C)(=O)=O)CC(C)(C)O2. The number of nitrogens with two attached hydrogens (primary N) is 1. The second-order valence-electron chi connectivity index (χ2n) is 6.11. The summed E-state index contributed by atoms with van der Waals surface area (Å²) in [7, 11) is -3.33. The normalized spacial score (nSPS) is 19.1. The number of rotatable bonds is 3. The van der Waals surface area contributed by atoms with Crippen LogP contribution in [0.25, 0.3) is 0 Å². The largest absolute Gasteiger partial charge is 0.484 e. The third kappa shape index (κ3) is 3.24. The summed E-state index contributed by atoms with van der Waals surface area (Å²) in [5.41, 5.74) is 6.87. The molecule has 20 heavy (non-hydrogen) atoms. The zero-order valence-electron chi connectivity index (χ0n) is 12.4. The Balaban J connectivity index is 2.49. The number of hydrogen-bond donors (Lipinski definition) is 1. The van der Waals surface area contributed by atoms with E-state index >= 15 is 0 Å². The van der Waals surface area contributed by atoms with Crippen LogP contribution < -0.4 is 14.8 Å². The molecule has 0 aromatic heterocycles. The van der Waals surface area contributed by atoms with E-state index in [1.165, 1.54) is 10.6 Å². The van der Waals surface area contributed by atoms with Gasteiger partial charge in [0.2, 0.25) is 10.0 Å². The minimum absolute atomic E-state index is 0.0284. The highest BCUT2D eigenvalue weighted by atomic mass is 32.2. The molecule has 0 spiro atoms. The Kier molecular flexibility index (Phi) is 3.73. The molecule has 0 saturated heterocycles. The lowest BCUT2D eigenvalue weighted by Gasteiger charge is -2.39. The molecule has 6 heteroatoms. The van der Waals surface area contributed by atoms with Crippen LogP contribution >= 0.6 is 0 Å². The molecule has 5 nitrogen and oxygen atoms in total. The molecular formula is C14H22N2O3S. The summed E-state index contributed by atoms with van der Waals surface area (Å²) in [6.45, 7) is 5.99. The van der Waals surface area contributed by atoms with E-state index in [0.29, 0.717) is 24.4 Å². The minimum Gasteiger partial charge on any atom is -0.484 e. The van der Waals surface area contributed by atoms with Crippen LogP contribution in [0.3, 0.4) is 0 Å². The van der Waals surface area contributed by atoms with Crippen LogP contribution in [0.5, 0.6) is 5.75 Å². The van der Waals surface area contributed by atoms with Crippen molar-refractivity contribution in [2.75, 3.05) is 17.1 Å². The van der Waals surface area contributed by atoms with E-state index < -0.39 is 15.6 Å². The molecule has 112 valence electrons. The number of nitrogens with zero attached hydrogens (tertiary/aromatic N) is 1. The molecule has 0 aliphatic carbocycles. The molecule has 0 amide bonds. The van der Waals surface area contributed by atoms with Crippen LogP contribution in [0.2, 0.25) is 0 Å². The zero-order valence-corrected chi connectivity index (χ0v) is 13.2. The summed E-state index contributed by atoms with van der Waals surface area (Å²) in [4.78, 5) is 0. The van der Waals surface area contributed by atoms with Crippen LogP contribution in [-0.4, -0.2) is 32.9 Å². The molecule has 0 bridgehead atoms. The topological polar surface area (TPSA) is 72.6 Å². The molecule has 1 unspecified atom stereocenters. The van der Waals surface area contributed by atoms with Gasteiger partial charge in [-0.3, -0.25) is 4.31 Å². The van der Waals surface area contributed by atoms with Gasteiger partial charge in [0.25, 0.3) is 0 Å². The second-order valence-corrected chi connectivity index (χ2v) is 8.02. The Labute approximate surface area is 120 Å². The molecule has 1 aromatic carbocycles. The van der Waals surface area contributed by atoms with E-state index in [1.807, 2.05) is 39.0 Å². The van der Waals surface area contributed by atoms with Crippen molar-refractivity contribution in [2.45, 2.75) is 38.8 Å². The lowest BCUT2D eigenvalue weighted by molar-refractivity contribution is 0.110. The van der Waals surface area contributed by atoms with Gasteiger partial charge in [-0.25, -0.2) is 8.42 Å². The van der Waals surface area contributed by atoms with Crippen LogP contribution in [0.4, 0.5) is 5.69 Å². The van der Waals surface area contributed by atoms with Crippen molar-refractivity contribution in [3.05, 3.63) is 23.8 Å². The summed E-state index contributed by atoms with van der Waals surface area (Å²) in [6, 6.07) is 5.64. The average molecular weight is 298 g/mol. The predicted octanol–water partition coefficient (Wildman–Crippen LogP) is 1.51. The molecule has 0 radical (unpaired) electrons. The maximum absolute atomic E-state index is 12.0. The number of benzene rings is 1. The van der Waals surface area contributed by atoms with E-state index in [0.717, 1.165) is 5.56 Å². The van der Waals surface area contributed by atoms with Crippen LogP contribution in [0.15, 0.2) is 18.2 Å². The van der Waals surface area contributed by atoms with Crippen molar-refractivity contribution in [1.29, 1.82) is 0 Å². The van der Waals surface area contributed by atoms with Gasteiger partial charge in [0.15, 0.2) is 0 Å². The van der Waals surface area contributed by atoms with Gasteiger partial charge < -0.3 is 10.5 Å². The maximum Gasteiger partial charge on any atom is 0.232 e. The van der Waals surface area contributed by atoms with Gasteiger partial charge in [-0.05, 0) is 44.9 Å². The lowest BCUT2D eigenvalue weighted by Crippen LogP contribution is -2.49. The standard InChI is InChI=1S/C14H22N2O3S/c1-10(15)7-11-5-6-13-12(8-11)16(20(4,17)18)9-14(2,3)19-13/h5-6,8,10H,7,9,15H2,1-4H3. The van der Waals surface area contributed by atoms with Crippen molar-refractivity contribution in [3.63, 3.8) is 0 Å². The fraction of sp³-hybridized carbons (Fsp3) is 0.571. The second kappa shape index (κ2) is 4.93. The highest BCUT2D eigenvalue weighted by molar-refractivity contribution is 7.92. The molecule has 1 aromatic rings. The molecule has 0 saturated carbocycles. The van der Waals surface area contributed by atoms with Crippen LogP contribution in [-0.2, 0) is 16.4 Å². The van der Waals surface area contributed by atoms with E-state index in [9.17, 15) is 8.42 Å². The molecule has 1 heterocycles. The summed E-state index contributed by atoms with van der Waals surface area (Å²) >= 11 is 0. The van der Waals surface area contributed by atoms with Crippen molar-refractivity contribution in [2.24, 2.45) is 5.73 Å². The number of sulfonamides is 1. The Bertz CT molecular complexity index is 609. The first-order valence-corrected chi connectivity index (χ1v) is 8.48. The summed E-state index contributed by atoms with van der Waals surface area (Å²) in [5.74, 6) is 0.597. The zero-order chi connectivity index (χ0) is 15.1. The van der Waals surface area contributed by atoms with Gasteiger partial charge in [0.05, 0.1) is 18.5 Å². The fourth-order valence-electron chi connectivity index (χ4n) is 2.40.